The van der Waals surface area contributed by atoms with Crippen molar-refractivity contribution in [3.63, 3.8) is 0 Å². The largest absolute Gasteiger partial charge is 0.455 e. The van der Waals surface area contributed by atoms with E-state index in [1.165, 1.54) is 21.5 Å². The second kappa shape index (κ2) is 17.6. The first kappa shape index (κ1) is 43.2. The van der Waals surface area contributed by atoms with Crippen LogP contribution in [0, 0.1) is 13.8 Å². The van der Waals surface area contributed by atoms with Gasteiger partial charge in [-0.25, -0.2) is 0 Å². The van der Waals surface area contributed by atoms with Gasteiger partial charge in [0.15, 0.2) is 0 Å². The van der Waals surface area contributed by atoms with Gasteiger partial charge >= 0.3 is 0 Å². The molecule has 0 unspecified atom stereocenters. The number of nitrogens with zero attached hydrogens (tertiary/aromatic N) is 2. The van der Waals surface area contributed by atoms with Gasteiger partial charge in [-0.05, 0) is 108 Å². The van der Waals surface area contributed by atoms with Crippen molar-refractivity contribution in [3.8, 4) is 33.4 Å². The molecule has 0 radical (unpaired) electrons. The molecule has 0 amide bonds. The summed E-state index contributed by atoms with van der Waals surface area (Å²) in [5.74, 6) is 0. The Bertz CT molecular complexity index is 4200. The minimum absolute atomic E-state index is 0.885. The minimum Gasteiger partial charge on any atom is -0.455 e. The first-order valence-corrected chi connectivity index (χ1v) is 25.3. The average Bonchev–Trinajstić information content (AvgIpc) is 4.04. The lowest BCUT2D eigenvalue weighted by Crippen LogP contribution is -2.13. The van der Waals surface area contributed by atoms with Gasteiger partial charge in [-0.1, -0.05) is 194 Å². The van der Waals surface area contributed by atoms with E-state index < -0.39 is 0 Å². The third kappa shape index (κ3) is 7.06. The van der Waals surface area contributed by atoms with Crippen LogP contribution in [0.1, 0.15) is 11.1 Å². The van der Waals surface area contributed by atoms with E-state index in [1.807, 2.05) is 12.1 Å². The molecule has 12 aromatic carbocycles. The highest BCUT2D eigenvalue weighted by molar-refractivity contribution is 6.13. The molecule has 2 aromatic heterocycles. The zero-order valence-corrected chi connectivity index (χ0v) is 41.0. The summed E-state index contributed by atoms with van der Waals surface area (Å²) in [6, 6.07) is 91.5. The van der Waals surface area contributed by atoms with E-state index in [2.05, 4.69) is 266 Å². The van der Waals surface area contributed by atoms with E-state index in [1.54, 1.807) is 0 Å². The molecule has 4 heteroatoms. The Kier molecular flexibility index (Phi) is 10.3. The molecule has 0 atom stereocenters. The maximum absolute atomic E-state index is 6.67. The number of furan rings is 2. The molecule has 14 rings (SSSR count). The van der Waals surface area contributed by atoms with Crippen molar-refractivity contribution in [1.29, 1.82) is 0 Å². The Morgan fingerprint density at radius 1 is 0.257 bits per heavy atom. The fourth-order valence-corrected chi connectivity index (χ4v) is 11.5. The summed E-state index contributed by atoms with van der Waals surface area (Å²) in [4.78, 5) is 4.88. The molecule has 74 heavy (non-hydrogen) atoms. The van der Waals surface area contributed by atoms with Crippen LogP contribution in [-0.2, 0) is 0 Å². The van der Waals surface area contributed by atoms with E-state index in [0.29, 0.717) is 0 Å². The molecule has 350 valence electrons. The van der Waals surface area contributed by atoms with Gasteiger partial charge in [0.25, 0.3) is 0 Å². The third-order valence-electron chi connectivity index (χ3n) is 14.9. The Labute approximate surface area is 429 Å². The number of hydrogen-bond donors (Lipinski definition) is 0. The van der Waals surface area contributed by atoms with Crippen LogP contribution in [-0.4, -0.2) is 0 Å². The Hall–Kier alpha value is -9.64. The lowest BCUT2D eigenvalue weighted by Gasteiger charge is -2.31. The molecule has 4 nitrogen and oxygen atoms in total. The van der Waals surface area contributed by atoms with Gasteiger partial charge in [0, 0.05) is 65.9 Å². The summed E-state index contributed by atoms with van der Waals surface area (Å²) in [6.07, 6.45) is 0. The van der Waals surface area contributed by atoms with Crippen LogP contribution in [0.3, 0.4) is 0 Å². The average molecular weight is 949 g/mol. The number of rotatable bonds is 9. The lowest BCUT2D eigenvalue weighted by molar-refractivity contribution is 0.669. The van der Waals surface area contributed by atoms with Crippen LogP contribution in [0.25, 0.3) is 98.8 Å². The second-order valence-corrected chi connectivity index (χ2v) is 19.3. The Morgan fingerprint density at radius 3 is 1.05 bits per heavy atom. The van der Waals surface area contributed by atoms with E-state index in [4.69, 9.17) is 8.83 Å². The monoisotopic (exact) mass is 948 g/mol. The van der Waals surface area contributed by atoms with Crippen LogP contribution in [0.4, 0.5) is 34.1 Å². The predicted octanol–water partition coefficient (Wildman–Crippen LogP) is 20.3. The molecule has 14 aromatic rings. The molecular formula is C70H48N2O2. The van der Waals surface area contributed by atoms with Crippen molar-refractivity contribution >= 4 is 99.5 Å². The van der Waals surface area contributed by atoms with Gasteiger partial charge in [0.2, 0.25) is 0 Å². The van der Waals surface area contributed by atoms with Gasteiger partial charge in [0.1, 0.15) is 22.3 Å². The summed E-state index contributed by atoms with van der Waals surface area (Å²) in [5, 5.41) is 9.16. The second-order valence-electron chi connectivity index (χ2n) is 19.3. The highest BCUT2D eigenvalue weighted by Crippen LogP contribution is 2.50. The van der Waals surface area contributed by atoms with E-state index >= 15 is 0 Å². The third-order valence-corrected chi connectivity index (χ3v) is 14.9. The first-order chi connectivity index (χ1) is 36.6. The van der Waals surface area contributed by atoms with Crippen LogP contribution in [0.2, 0.25) is 0 Å². The zero-order valence-electron chi connectivity index (χ0n) is 41.0. The van der Waals surface area contributed by atoms with Gasteiger partial charge < -0.3 is 18.6 Å². The number of hydrogen-bond acceptors (Lipinski definition) is 4. The van der Waals surface area contributed by atoms with Gasteiger partial charge in [-0.3, -0.25) is 0 Å². The number of benzene rings is 12. The summed E-state index contributed by atoms with van der Waals surface area (Å²) < 4.78 is 13.3. The lowest BCUT2D eigenvalue weighted by atomic mass is 9.95. The van der Waals surface area contributed by atoms with Crippen LogP contribution in [0.5, 0.6) is 0 Å². The number of fused-ring (bicyclic) bond motifs is 8. The molecule has 0 saturated heterocycles. The van der Waals surface area contributed by atoms with Crippen molar-refractivity contribution in [3.05, 3.63) is 266 Å². The SMILES string of the molecule is Cc1cc(-c2ccc(N(c3ccccc3-c3cccc4c3oc3ccccc34)c3cccc4ccccc34)c(C)c2)ccc1N(c1ccccc1-c1cccc2c1oc1ccccc12)c1cccc2ccccc12. The summed E-state index contributed by atoms with van der Waals surface area (Å²) in [6.45, 7) is 4.48. The molecule has 0 fully saturated rings. The summed E-state index contributed by atoms with van der Waals surface area (Å²) in [7, 11) is 0. The van der Waals surface area contributed by atoms with E-state index in [9.17, 15) is 0 Å². The highest BCUT2D eigenvalue weighted by atomic mass is 16.3. The number of para-hydroxylation sites is 6. The topological polar surface area (TPSA) is 32.8 Å². The van der Waals surface area contributed by atoms with Crippen molar-refractivity contribution in [1.82, 2.24) is 0 Å². The van der Waals surface area contributed by atoms with Crippen LogP contribution in [0.15, 0.2) is 264 Å². The molecule has 0 spiro atoms. The van der Waals surface area contributed by atoms with Gasteiger partial charge in [-0.15, -0.1) is 0 Å². The van der Waals surface area contributed by atoms with Gasteiger partial charge in [-0.2, -0.15) is 0 Å². The zero-order chi connectivity index (χ0) is 49.3. The smallest absolute Gasteiger partial charge is 0.143 e. The molecule has 0 aliphatic carbocycles. The van der Waals surface area contributed by atoms with Crippen LogP contribution >= 0.6 is 0 Å². The molecule has 0 aliphatic heterocycles. The van der Waals surface area contributed by atoms with Crippen molar-refractivity contribution in [2.24, 2.45) is 0 Å². The molecule has 0 aliphatic rings. The Morgan fingerprint density at radius 2 is 0.595 bits per heavy atom. The molecule has 0 bridgehead atoms. The maximum Gasteiger partial charge on any atom is 0.143 e. The number of aryl methyl sites for hydroxylation is 2. The standard InChI is InChI=1S/C70H48N2O2/c1-45-43-49(39-41-61(45)71(63-35-15-21-47-19-3-5-23-51(47)63)65-33-11-7-25-53(65)57-29-17-31-59-55-27-9-13-37-67(55)73-69(57)59)50-40-42-62(46(2)44-50)72(64-36-16-22-48-20-4-6-24-52(48)64)66-34-12-8-26-54(66)58-30-18-32-60-56-28-10-14-38-68(56)74-70(58)60/h3-44H,1-2H3. The first-order valence-electron chi connectivity index (χ1n) is 25.3. The summed E-state index contributed by atoms with van der Waals surface area (Å²) in [5.41, 5.74) is 19.0. The summed E-state index contributed by atoms with van der Waals surface area (Å²) >= 11 is 0. The van der Waals surface area contributed by atoms with Gasteiger partial charge in [0.05, 0.1) is 22.7 Å². The fourth-order valence-electron chi connectivity index (χ4n) is 11.5. The molecular weight excluding hydrogens is 901 g/mol. The predicted molar refractivity (Wildman–Crippen MR) is 311 cm³/mol. The minimum atomic E-state index is 0.885. The Balaban J connectivity index is 0.907. The van der Waals surface area contributed by atoms with E-state index in [-0.39, 0.29) is 0 Å². The van der Waals surface area contributed by atoms with Crippen molar-refractivity contribution < 1.29 is 8.83 Å². The highest BCUT2D eigenvalue weighted by Gasteiger charge is 2.25. The number of anilines is 6. The van der Waals surface area contributed by atoms with E-state index in [0.717, 1.165) is 123 Å². The fraction of sp³-hybridized carbons (Fsp3) is 0.0286. The normalized spacial score (nSPS) is 11.6. The van der Waals surface area contributed by atoms with Crippen molar-refractivity contribution in [2.45, 2.75) is 13.8 Å². The van der Waals surface area contributed by atoms with Crippen molar-refractivity contribution in [2.75, 3.05) is 9.80 Å². The quantitative estimate of drug-likeness (QED) is 0.144. The molecule has 2 heterocycles. The van der Waals surface area contributed by atoms with Crippen LogP contribution < -0.4 is 9.80 Å². The molecule has 0 saturated carbocycles. The molecule has 0 N–H and O–H groups in total. The maximum atomic E-state index is 6.67.